The van der Waals surface area contributed by atoms with Crippen molar-refractivity contribution < 1.29 is 58.2 Å². The Balaban J connectivity index is 2.78. The summed E-state index contributed by atoms with van der Waals surface area (Å²) in [5.41, 5.74) is 0. The Morgan fingerprint density at radius 1 is 0.391 bits per heavy atom. The number of rotatable bonds is 53. The molecule has 0 spiro atoms. The Hall–Kier alpha value is -6.18. The Morgan fingerprint density at radius 3 is 1.15 bits per heavy atom. The first-order valence-corrected chi connectivity index (χ1v) is 32.8. The van der Waals surface area contributed by atoms with Gasteiger partial charge in [0.05, 0.1) is 6.61 Å². The molecule has 0 amide bonds. The number of unbranched alkanes of at least 4 members (excludes halogenated alkanes) is 9. The second kappa shape index (κ2) is 60.1. The van der Waals surface area contributed by atoms with E-state index in [1.54, 1.807) is 0 Å². The van der Waals surface area contributed by atoms with Gasteiger partial charge < -0.3 is 39.0 Å². The molecule has 12 nitrogen and oxygen atoms in total. The van der Waals surface area contributed by atoms with Crippen LogP contribution in [0.5, 0.6) is 0 Å². The second-order valence-corrected chi connectivity index (χ2v) is 21.3. The molecular formula is C75H112O12. The maximum atomic E-state index is 13.2. The summed E-state index contributed by atoms with van der Waals surface area (Å²) in [7, 11) is 0. The molecule has 6 atom stereocenters. The molecule has 0 aromatic carbocycles. The summed E-state index contributed by atoms with van der Waals surface area (Å²) in [6.07, 6.45) is 78.7. The molecule has 1 aliphatic heterocycles. The normalized spacial score (nSPS) is 18.6. The summed E-state index contributed by atoms with van der Waals surface area (Å²) < 4.78 is 28.3. The molecule has 3 N–H and O–H groups in total. The van der Waals surface area contributed by atoms with Crippen molar-refractivity contribution in [3.63, 3.8) is 0 Å². The molecule has 12 heteroatoms. The third-order valence-electron chi connectivity index (χ3n) is 13.5. The summed E-state index contributed by atoms with van der Waals surface area (Å²) in [5, 5.41) is 31.6. The first-order valence-electron chi connectivity index (χ1n) is 32.8. The molecule has 1 rings (SSSR count). The van der Waals surface area contributed by atoms with E-state index in [0.29, 0.717) is 32.1 Å². The van der Waals surface area contributed by atoms with Crippen LogP contribution in [0.4, 0.5) is 0 Å². The van der Waals surface area contributed by atoms with Gasteiger partial charge >= 0.3 is 23.9 Å². The summed E-state index contributed by atoms with van der Waals surface area (Å²) in [6, 6.07) is 0. The van der Waals surface area contributed by atoms with Gasteiger partial charge in [-0.05, 0) is 135 Å². The summed E-state index contributed by atoms with van der Waals surface area (Å²) in [6.45, 7) is 5.60. The van der Waals surface area contributed by atoms with E-state index in [2.05, 4.69) is 179 Å². The molecule has 0 saturated carbocycles. The molecule has 0 bridgehead atoms. The number of ether oxygens (including phenoxy) is 5. The van der Waals surface area contributed by atoms with Gasteiger partial charge in [0.2, 0.25) is 0 Å². The average molecular weight is 1210 g/mol. The zero-order chi connectivity index (χ0) is 63.1. The van der Waals surface area contributed by atoms with Crippen molar-refractivity contribution in [2.75, 3.05) is 13.2 Å². The van der Waals surface area contributed by atoms with Crippen LogP contribution in [-0.2, 0) is 42.9 Å². The molecule has 1 heterocycles. The topological polar surface area (TPSA) is 175 Å². The van der Waals surface area contributed by atoms with Crippen LogP contribution in [0, 0.1) is 0 Å². The lowest BCUT2D eigenvalue weighted by molar-refractivity contribution is -0.301. The van der Waals surface area contributed by atoms with Crippen LogP contribution in [0.2, 0.25) is 0 Å². The summed E-state index contributed by atoms with van der Waals surface area (Å²) in [4.78, 5) is 51.3. The standard InChI is InChI=1S/C75H112O12/c1-4-7-10-13-16-19-22-25-28-31-34-37-40-43-46-49-52-55-58-61-67(76)83-64-66(85-68(77)62-59-56-53-50-47-44-41-38-35-32-29-26-23-20-17-14-11-8-5-2)65-84-75-73(71(80)70(79)72(87-75)74(81)82)86-69(78)63-60-57-54-51-48-45-42-39-36-33-30-27-24-21-18-15-12-9-6-3/h7-8,10-11,16-21,25-30,34-39,43-44,46-47,52-53,55-56,66,70-73,75,79-80H,4-6,9,12-15,22-24,31-33,40-42,45,48-51,54,57-65H2,1-3H3,(H,81,82)/b10-7-,11-8-,19-16-,20-17-,21-18-,28-25-,29-26-,30-27-,37-34-,38-35-,39-36-,46-43-,47-44-,55-52-,56-53-. The Bertz CT molecular complexity index is 2210. The van der Waals surface area contributed by atoms with Crippen LogP contribution in [0.15, 0.2) is 182 Å². The number of aliphatic hydroxyl groups excluding tert-OH is 2. The molecule has 87 heavy (non-hydrogen) atoms. The maximum Gasteiger partial charge on any atom is 0.335 e. The van der Waals surface area contributed by atoms with E-state index in [0.717, 1.165) is 122 Å². The molecule has 1 fully saturated rings. The van der Waals surface area contributed by atoms with Crippen molar-refractivity contribution in [3.8, 4) is 0 Å². The van der Waals surface area contributed by atoms with E-state index in [-0.39, 0.29) is 19.3 Å². The van der Waals surface area contributed by atoms with Crippen LogP contribution < -0.4 is 0 Å². The number of carbonyl (C=O) groups excluding carboxylic acids is 3. The SMILES string of the molecule is CC/C=C\C/C=C\C/C=C\C/C=C\C/C=C\C/C=C\CCC(=O)OCC(COC1OC(C(=O)O)C(O)C(O)C1OC(=O)CCCCCCCC/C=C\C/C=C\C/C=C\CCCCC)OC(=O)CC/C=C\C/C=C\C/C=C\C/C=C\C/C=C\C/C=C\CC. The van der Waals surface area contributed by atoms with Gasteiger partial charge in [-0.1, -0.05) is 242 Å². The quantitative estimate of drug-likeness (QED) is 0.0228. The lowest BCUT2D eigenvalue weighted by Crippen LogP contribution is -2.61. The van der Waals surface area contributed by atoms with E-state index >= 15 is 0 Å². The van der Waals surface area contributed by atoms with Crippen molar-refractivity contribution in [2.45, 2.75) is 250 Å². The first kappa shape index (κ1) is 78.8. The van der Waals surface area contributed by atoms with Crippen LogP contribution in [-0.4, -0.2) is 89.2 Å². The van der Waals surface area contributed by atoms with Gasteiger partial charge in [0, 0.05) is 19.3 Å². The third-order valence-corrected chi connectivity index (χ3v) is 13.5. The molecular weight excluding hydrogens is 1090 g/mol. The van der Waals surface area contributed by atoms with Crippen LogP contribution >= 0.6 is 0 Å². The number of aliphatic hydroxyl groups is 2. The average Bonchev–Trinajstić information content (AvgIpc) is 2.56. The third kappa shape index (κ3) is 49.5. The van der Waals surface area contributed by atoms with Crippen LogP contribution in [0.25, 0.3) is 0 Å². The minimum atomic E-state index is -1.94. The zero-order valence-electron chi connectivity index (χ0n) is 53.4. The number of carboxylic acid groups (broad SMARTS) is 1. The predicted octanol–water partition coefficient (Wildman–Crippen LogP) is 18.0. The Kier molecular flexibility index (Phi) is 54.5. The number of carboxylic acids is 1. The van der Waals surface area contributed by atoms with Crippen LogP contribution in [0.3, 0.4) is 0 Å². The Labute approximate surface area is 525 Å². The van der Waals surface area contributed by atoms with E-state index in [1.807, 2.05) is 24.3 Å². The monoisotopic (exact) mass is 1200 g/mol. The van der Waals surface area contributed by atoms with E-state index in [9.17, 15) is 34.5 Å². The smallest absolute Gasteiger partial charge is 0.335 e. The highest BCUT2D eigenvalue weighted by atomic mass is 16.7. The number of carbonyl (C=O) groups is 4. The molecule has 0 aliphatic carbocycles. The summed E-state index contributed by atoms with van der Waals surface area (Å²) in [5.74, 6) is -3.39. The van der Waals surface area contributed by atoms with E-state index in [1.165, 1.54) is 19.3 Å². The van der Waals surface area contributed by atoms with Crippen molar-refractivity contribution in [1.82, 2.24) is 0 Å². The predicted molar refractivity (Wildman–Crippen MR) is 358 cm³/mol. The molecule has 1 aliphatic rings. The largest absolute Gasteiger partial charge is 0.479 e. The number of aliphatic carboxylic acids is 1. The number of hydrogen-bond donors (Lipinski definition) is 3. The molecule has 0 aromatic rings. The maximum absolute atomic E-state index is 13.2. The molecule has 1 saturated heterocycles. The fourth-order valence-corrected chi connectivity index (χ4v) is 8.54. The minimum absolute atomic E-state index is 0.00866. The fraction of sp³-hybridized carbons (Fsp3) is 0.547. The van der Waals surface area contributed by atoms with Gasteiger partial charge in [-0.15, -0.1) is 0 Å². The van der Waals surface area contributed by atoms with E-state index < -0.39 is 73.9 Å². The first-order chi connectivity index (χ1) is 42.6. The van der Waals surface area contributed by atoms with Crippen molar-refractivity contribution >= 4 is 23.9 Å². The van der Waals surface area contributed by atoms with Crippen molar-refractivity contribution in [2.24, 2.45) is 0 Å². The number of allylic oxidation sites excluding steroid dienone is 30. The van der Waals surface area contributed by atoms with Crippen LogP contribution in [0.1, 0.15) is 213 Å². The van der Waals surface area contributed by atoms with Crippen molar-refractivity contribution in [1.29, 1.82) is 0 Å². The highest BCUT2D eigenvalue weighted by Crippen LogP contribution is 2.26. The molecule has 6 unspecified atom stereocenters. The minimum Gasteiger partial charge on any atom is -0.479 e. The lowest BCUT2D eigenvalue weighted by atomic mass is 9.98. The van der Waals surface area contributed by atoms with Gasteiger partial charge in [0.25, 0.3) is 0 Å². The number of esters is 3. The van der Waals surface area contributed by atoms with Gasteiger partial charge in [0.15, 0.2) is 24.6 Å². The highest BCUT2D eigenvalue weighted by Gasteiger charge is 2.50. The fourth-order valence-electron chi connectivity index (χ4n) is 8.54. The number of hydrogen-bond acceptors (Lipinski definition) is 11. The van der Waals surface area contributed by atoms with Crippen molar-refractivity contribution in [3.05, 3.63) is 182 Å². The molecule has 0 radical (unpaired) electrons. The summed E-state index contributed by atoms with van der Waals surface area (Å²) >= 11 is 0. The zero-order valence-corrected chi connectivity index (χ0v) is 53.4. The lowest BCUT2D eigenvalue weighted by Gasteiger charge is -2.40. The Morgan fingerprint density at radius 2 is 0.747 bits per heavy atom. The van der Waals surface area contributed by atoms with Gasteiger partial charge in [-0.25, -0.2) is 4.79 Å². The molecule has 484 valence electrons. The molecule has 0 aromatic heterocycles. The van der Waals surface area contributed by atoms with Gasteiger partial charge in [0.1, 0.15) is 18.8 Å². The second-order valence-electron chi connectivity index (χ2n) is 21.3. The van der Waals surface area contributed by atoms with E-state index in [4.69, 9.17) is 23.7 Å². The van der Waals surface area contributed by atoms with Gasteiger partial charge in [-0.3, -0.25) is 14.4 Å². The van der Waals surface area contributed by atoms with Gasteiger partial charge in [-0.2, -0.15) is 0 Å². The highest BCUT2D eigenvalue weighted by molar-refractivity contribution is 5.74.